The smallest absolute Gasteiger partial charge is 0.417 e. The molecule has 0 aliphatic heterocycles. The summed E-state index contributed by atoms with van der Waals surface area (Å²) in [6, 6.07) is 6.05. The van der Waals surface area contributed by atoms with Gasteiger partial charge in [0, 0.05) is 13.6 Å². The molecule has 0 spiro atoms. The summed E-state index contributed by atoms with van der Waals surface area (Å²) < 4.78 is 99.1. The van der Waals surface area contributed by atoms with Crippen molar-refractivity contribution in [3.05, 3.63) is 52.5 Å². The molecule has 2 aromatic carbocycles. The molecule has 0 amide bonds. The fourth-order valence-electron chi connectivity index (χ4n) is 2.41. The summed E-state index contributed by atoms with van der Waals surface area (Å²) >= 11 is 5.52. The summed E-state index contributed by atoms with van der Waals surface area (Å²) in [5.41, 5.74) is -0.941. The number of rotatable bonds is 7. The van der Waals surface area contributed by atoms with Crippen molar-refractivity contribution in [3.8, 4) is 11.5 Å². The maximum Gasteiger partial charge on any atom is 0.417 e. The van der Waals surface area contributed by atoms with Gasteiger partial charge in [-0.2, -0.15) is 26.3 Å². The number of hydrogen-bond donors (Lipinski definition) is 0. The summed E-state index contributed by atoms with van der Waals surface area (Å²) in [7, 11) is -1.93. The van der Waals surface area contributed by atoms with Gasteiger partial charge in [0.1, 0.15) is 0 Å². The van der Waals surface area contributed by atoms with Crippen molar-refractivity contribution in [2.45, 2.75) is 24.2 Å². The molecule has 0 radical (unpaired) electrons. The van der Waals surface area contributed by atoms with Gasteiger partial charge >= 0.3 is 12.8 Å². The molecule has 0 aliphatic carbocycles. The lowest BCUT2D eigenvalue weighted by molar-refractivity contribution is -0.137. The van der Waals surface area contributed by atoms with E-state index < -0.39 is 38.3 Å². The van der Waals surface area contributed by atoms with Gasteiger partial charge in [-0.3, -0.25) is 0 Å². The normalized spacial score (nSPS) is 12.5. The summed E-state index contributed by atoms with van der Waals surface area (Å²) in [5, 5.41) is -0.626. The van der Waals surface area contributed by atoms with Gasteiger partial charge in [-0.05, 0) is 35.9 Å². The lowest BCUT2D eigenvalue weighted by atomic mass is 10.2. The summed E-state index contributed by atoms with van der Waals surface area (Å²) in [6.45, 7) is -3.34. The number of halogens is 6. The number of benzene rings is 2. The second-order valence-corrected chi connectivity index (χ2v) is 8.22. The first-order valence-electron chi connectivity index (χ1n) is 7.81. The quantitative estimate of drug-likeness (QED) is 0.559. The highest BCUT2D eigenvalue weighted by Crippen LogP contribution is 2.36. The fourth-order valence-corrected chi connectivity index (χ4v) is 3.82. The van der Waals surface area contributed by atoms with Gasteiger partial charge in [0.05, 0.1) is 22.6 Å². The number of alkyl halides is 5. The number of ether oxygens (including phenoxy) is 2. The predicted octanol–water partition coefficient (Wildman–Crippen LogP) is 4.79. The molecule has 0 heterocycles. The van der Waals surface area contributed by atoms with Crippen LogP contribution in [0.3, 0.4) is 0 Å². The van der Waals surface area contributed by atoms with Gasteiger partial charge < -0.3 is 9.47 Å². The van der Waals surface area contributed by atoms with Crippen LogP contribution in [0.25, 0.3) is 0 Å². The van der Waals surface area contributed by atoms with E-state index in [9.17, 15) is 30.4 Å². The van der Waals surface area contributed by atoms with Crippen molar-refractivity contribution in [3.63, 3.8) is 0 Å². The zero-order chi connectivity index (χ0) is 22.0. The van der Waals surface area contributed by atoms with Crippen LogP contribution in [0.15, 0.2) is 41.3 Å². The second kappa shape index (κ2) is 8.72. The van der Waals surface area contributed by atoms with E-state index in [1.165, 1.54) is 25.3 Å². The predicted molar refractivity (Wildman–Crippen MR) is 94.7 cm³/mol. The molecule has 12 heteroatoms. The van der Waals surface area contributed by atoms with Crippen LogP contribution in [0.5, 0.6) is 11.5 Å². The summed E-state index contributed by atoms with van der Waals surface area (Å²) in [5.74, 6) is -0.302. The van der Waals surface area contributed by atoms with Gasteiger partial charge in [0.25, 0.3) is 0 Å². The summed E-state index contributed by atoms with van der Waals surface area (Å²) in [6.07, 6.45) is -4.82. The topological polar surface area (TPSA) is 55.8 Å². The Kier molecular flexibility index (Phi) is 6.97. The number of sulfonamides is 1. The first-order valence-corrected chi connectivity index (χ1v) is 9.63. The van der Waals surface area contributed by atoms with E-state index in [2.05, 4.69) is 4.74 Å². The van der Waals surface area contributed by atoms with Crippen LogP contribution in [0.4, 0.5) is 22.0 Å². The maximum atomic E-state index is 13.0. The molecule has 0 fully saturated rings. The Morgan fingerprint density at radius 3 is 2.31 bits per heavy atom. The Bertz CT molecular complexity index is 982. The Labute approximate surface area is 168 Å². The minimum atomic E-state index is -4.82. The Hall–Kier alpha value is -2.11. The third-order valence-electron chi connectivity index (χ3n) is 3.80. The van der Waals surface area contributed by atoms with Crippen LogP contribution in [0.1, 0.15) is 11.1 Å². The van der Waals surface area contributed by atoms with Crippen molar-refractivity contribution in [2.24, 2.45) is 0 Å². The monoisotopic (exact) mass is 459 g/mol. The zero-order valence-corrected chi connectivity index (χ0v) is 16.6. The lowest BCUT2D eigenvalue weighted by Crippen LogP contribution is -2.27. The molecule has 2 aromatic rings. The molecule has 0 aliphatic rings. The van der Waals surface area contributed by atoms with E-state index in [0.717, 1.165) is 23.5 Å². The van der Waals surface area contributed by atoms with E-state index in [1.807, 2.05) is 0 Å². The van der Waals surface area contributed by atoms with Crippen molar-refractivity contribution < 1.29 is 39.8 Å². The molecular weight excluding hydrogens is 445 g/mol. The first kappa shape index (κ1) is 23.2. The molecule has 0 unspecified atom stereocenters. The van der Waals surface area contributed by atoms with E-state index in [4.69, 9.17) is 16.3 Å². The van der Waals surface area contributed by atoms with Crippen molar-refractivity contribution >= 4 is 21.6 Å². The number of nitrogens with zero attached hydrogens (tertiary/aromatic N) is 1. The van der Waals surface area contributed by atoms with Gasteiger partial charge in [-0.1, -0.05) is 17.7 Å². The van der Waals surface area contributed by atoms with E-state index in [1.54, 1.807) is 0 Å². The van der Waals surface area contributed by atoms with Crippen LogP contribution in [-0.2, 0) is 22.7 Å². The molecule has 0 saturated heterocycles. The van der Waals surface area contributed by atoms with Crippen LogP contribution in [0.2, 0.25) is 5.02 Å². The molecular formula is C17H15ClF5NO4S. The molecule has 29 heavy (non-hydrogen) atoms. The number of hydrogen-bond acceptors (Lipinski definition) is 4. The van der Waals surface area contributed by atoms with Gasteiger partial charge in [0.2, 0.25) is 10.0 Å². The Morgan fingerprint density at radius 1 is 1.10 bits per heavy atom. The SMILES string of the molecule is COc1cc(CN(C)S(=O)(=O)c2ccc(Cl)c(C(F)(F)F)c2)ccc1OC(F)F. The molecule has 0 N–H and O–H groups in total. The Morgan fingerprint density at radius 2 is 1.76 bits per heavy atom. The van der Waals surface area contributed by atoms with Crippen molar-refractivity contribution in [1.29, 1.82) is 0 Å². The molecule has 0 saturated carbocycles. The largest absolute Gasteiger partial charge is 0.493 e. The van der Waals surface area contributed by atoms with E-state index >= 15 is 0 Å². The van der Waals surface area contributed by atoms with Crippen LogP contribution in [-0.4, -0.2) is 33.5 Å². The van der Waals surface area contributed by atoms with Crippen LogP contribution >= 0.6 is 11.6 Å². The van der Waals surface area contributed by atoms with E-state index in [-0.39, 0.29) is 18.0 Å². The van der Waals surface area contributed by atoms with Crippen LogP contribution < -0.4 is 9.47 Å². The molecule has 2 rings (SSSR count). The third kappa shape index (κ3) is 5.49. The first-order chi connectivity index (χ1) is 13.4. The second-order valence-electron chi connectivity index (χ2n) is 5.76. The molecule has 5 nitrogen and oxygen atoms in total. The standard InChI is InChI=1S/C17H15ClF5NO4S/c1-24(9-10-3-6-14(28-16(19)20)15(7-10)27-2)29(25,26)11-4-5-13(18)12(8-11)17(21,22)23/h3-8,16H,9H2,1-2H3. The highest BCUT2D eigenvalue weighted by Gasteiger charge is 2.35. The highest BCUT2D eigenvalue weighted by atomic mass is 35.5. The average molecular weight is 460 g/mol. The average Bonchev–Trinajstić information content (AvgIpc) is 2.61. The van der Waals surface area contributed by atoms with Crippen molar-refractivity contribution in [1.82, 2.24) is 4.31 Å². The van der Waals surface area contributed by atoms with E-state index in [0.29, 0.717) is 11.6 Å². The van der Waals surface area contributed by atoms with Gasteiger partial charge in [-0.25, -0.2) is 8.42 Å². The minimum Gasteiger partial charge on any atom is -0.493 e. The maximum absolute atomic E-state index is 13.0. The molecule has 160 valence electrons. The lowest BCUT2D eigenvalue weighted by Gasteiger charge is -2.19. The summed E-state index contributed by atoms with van der Waals surface area (Å²) in [4.78, 5) is -0.596. The van der Waals surface area contributed by atoms with Gasteiger partial charge in [-0.15, -0.1) is 0 Å². The zero-order valence-electron chi connectivity index (χ0n) is 15.0. The van der Waals surface area contributed by atoms with Crippen molar-refractivity contribution in [2.75, 3.05) is 14.2 Å². The molecule has 0 aromatic heterocycles. The van der Waals surface area contributed by atoms with Crippen LogP contribution in [0, 0.1) is 0 Å². The molecule has 0 atom stereocenters. The van der Waals surface area contributed by atoms with Gasteiger partial charge in [0.15, 0.2) is 11.5 Å². The third-order valence-corrected chi connectivity index (χ3v) is 5.93. The Balaban J connectivity index is 2.31. The number of methoxy groups -OCH3 is 1. The minimum absolute atomic E-state index is 0.0561. The molecule has 0 bridgehead atoms. The fraction of sp³-hybridized carbons (Fsp3) is 0.294. The highest BCUT2D eigenvalue weighted by molar-refractivity contribution is 7.89.